The lowest BCUT2D eigenvalue weighted by Gasteiger charge is -2.21. The van der Waals surface area contributed by atoms with Crippen molar-refractivity contribution < 1.29 is 4.74 Å². The number of rotatable bonds is 4. The zero-order valence-corrected chi connectivity index (χ0v) is 11.5. The van der Waals surface area contributed by atoms with E-state index in [4.69, 9.17) is 4.74 Å². The van der Waals surface area contributed by atoms with Crippen molar-refractivity contribution in [1.29, 1.82) is 0 Å². The molecule has 1 aromatic carbocycles. The zero-order valence-electron chi connectivity index (χ0n) is 10.7. The van der Waals surface area contributed by atoms with Crippen LogP contribution in [0, 0.1) is 5.92 Å². The van der Waals surface area contributed by atoms with Gasteiger partial charge in [-0.15, -0.1) is 10.2 Å². The van der Waals surface area contributed by atoms with Crippen molar-refractivity contribution >= 4 is 16.5 Å². The van der Waals surface area contributed by atoms with Crippen LogP contribution in [0.2, 0.25) is 0 Å². The van der Waals surface area contributed by atoms with Crippen LogP contribution in [0.15, 0.2) is 30.3 Å². The molecule has 1 fully saturated rings. The lowest BCUT2D eigenvalue weighted by atomic mass is 10.0. The fourth-order valence-corrected chi connectivity index (χ4v) is 2.93. The molecule has 19 heavy (non-hydrogen) atoms. The van der Waals surface area contributed by atoms with Crippen molar-refractivity contribution in [2.45, 2.75) is 12.8 Å². The summed E-state index contributed by atoms with van der Waals surface area (Å²) in [6.45, 7) is 2.74. The molecule has 100 valence electrons. The monoisotopic (exact) mass is 275 g/mol. The van der Waals surface area contributed by atoms with E-state index in [1.807, 2.05) is 18.2 Å². The normalized spacial score (nSPS) is 16.4. The third kappa shape index (κ3) is 3.30. The fourth-order valence-electron chi connectivity index (χ4n) is 2.17. The first kappa shape index (κ1) is 12.6. The Hall–Kier alpha value is -1.46. The maximum Gasteiger partial charge on any atom is 0.206 e. The first-order valence-corrected chi connectivity index (χ1v) is 7.44. The Bertz CT molecular complexity index is 508. The largest absolute Gasteiger partial charge is 0.381 e. The van der Waals surface area contributed by atoms with Crippen molar-refractivity contribution in [3.05, 3.63) is 30.3 Å². The molecule has 1 aromatic heterocycles. The summed E-state index contributed by atoms with van der Waals surface area (Å²) in [7, 11) is 0. The molecule has 4 nitrogen and oxygen atoms in total. The van der Waals surface area contributed by atoms with E-state index < -0.39 is 0 Å². The second kappa shape index (κ2) is 6.12. The molecule has 0 spiro atoms. The van der Waals surface area contributed by atoms with Gasteiger partial charge >= 0.3 is 0 Å². The SMILES string of the molecule is c1ccc(-c2nnc(NCC3CCOCC3)s2)cc1. The number of benzene rings is 1. The molecule has 0 radical (unpaired) electrons. The van der Waals surface area contributed by atoms with Crippen LogP contribution in [-0.2, 0) is 4.74 Å². The van der Waals surface area contributed by atoms with Crippen LogP contribution in [0.4, 0.5) is 5.13 Å². The minimum absolute atomic E-state index is 0.692. The predicted molar refractivity (Wildman–Crippen MR) is 77.4 cm³/mol. The van der Waals surface area contributed by atoms with Crippen LogP contribution in [0.25, 0.3) is 10.6 Å². The lowest BCUT2D eigenvalue weighted by molar-refractivity contribution is 0.0699. The Morgan fingerprint density at radius 2 is 1.95 bits per heavy atom. The molecule has 2 aromatic rings. The highest BCUT2D eigenvalue weighted by atomic mass is 32.1. The summed E-state index contributed by atoms with van der Waals surface area (Å²) in [6.07, 6.45) is 2.27. The summed E-state index contributed by atoms with van der Waals surface area (Å²) in [6, 6.07) is 10.2. The fraction of sp³-hybridized carbons (Fsp3) is 0.429. The third-order valence-corrected chi connectivity index (χ3v) is 4.26. The molecule has 0 amide bonds. The van der Waals surface area contributed by atoms with Gasteiger partial charge in [-0.1, -0.05) is 41.7 Å². The minimum atomic E-state index is 0.692. The van der Waals surface area contributed by atoms with Crippen LogP contribution < -0.4 is 5.32 Å². The lowest BCUT2D eigenvalue weighted by Crippen LogP contribution is -2.22. The Labute approximate surface area is 116 Å². The maximum absolute atomic E-state index is 5.36. The smallest absolute Gasteiger partial charge is 0.206 e. The van der Waals surface area contributed by atoms with E-state index in [2.05, 4.69) is 27.6 Å². The highest BCUT2D eigenvalue weighted by molar-refractivity contribution is 7.18. The van der Waals surface area contributed by atoms with Crippen molar-refractivity contribution in [3.63, 3.8) is 0 Å². The van der Waals surface area contributed by atoms with Crippen molar-refractivity contribution in [2.24, 2.45) is 5.92 Å². The Kier molecular flexibility index (Phi) is 4.05. The number of nitrogens with zero attached hydrogens (tertiary/aromatic N) is 2. The quantitative estimate of drug-likeness (QED) is 0.931. The second-order valence-corrected chi connectivity index (χ2v) is 5.69. The second-order valence-electron chi connectivity index (χ2n) is 4.72. The van der Waals surface area contributed by atoms with Crippen LogP contribution >= 0.6 is 11.3 Å². The molecule has 1 saturated heterocycles. The molecular weight excluding hydrogens is 258 g/mol. The van der Waals surface area contributed by atoms with Gasteiger partial charge in [0.05, 0.1) is 0 Å². The van der Waals surface area contributed by atoms with Crippen LogP contribution in [-0.4, -0.2) is 30.0 Å². The number of ether oxygens (including phenoxy) is 1. The van der Waals surface area contributed by atoms with Crippen LogP contribution in [0.5, 0.6) is 0 Å². The standard InChI is InChI=1S/C14H17N3OS/c1-2-4-12(5-3-1)13-16-17-14(19-13)15-10-11-6-8-18-9-7-11/h1-5,11H,6-10H2,(H,15,17). The molecule has 5 heteroatoms. The minimum Gasteiger partial charge on any atom is -0.381 e. The number of hydrogen-bond donors (Lipinski definition) is 1. The molecule has 1 aliphatic heterocycles. The predicted octanol–water partition coefficient (Wildman–Crippen LogP) is 3.04. The average Bonchev–Trinajstić information content (AvgIpc) is 2.96. The van der Waals surface area contributed by atoms with Gasteiger partial charge in [0.15, 0.2) is 0 Å². The van der Waals surface area contributed by atoms with E-state index in [0.717, 1.165) is 48.3 Å². The van der Waals surface area contributed by atoms with E-state index in [9.17, 15) is 0 Å². The molecule has 0 bridgehead atoms. The van der Waals surface area contributed by atoms with Crippen molar-refractivity contribution in [3.8, 4) is 10.6 Å². The van der Waals surface area contributed by atoms with Gasteiger partial charge in [-0.05, 0) is 18.8 Å². The van der Waals surface area contributed by atoms with Gasteiger partial charge in [0.2, 0.25) is 5.13 Å². The first-order chi connectivity index (χ1) is 9.42. The highest BCUT2D eigenvalue weighted by Gasteiger charge is 2.14. The summed E-state index contributed by atoms with van der Waals surface area (Å²) in [4.78, 5) is 0. The van der Waals surface area contributed by atoms with Gasteiger partial charge in [0.1, 0.15) is 5.01 Å². The molecule has 2 heterocycles. The van der Waals surface area contributed by atoms with E-state index in [-0.39, 0.29) is 0 Å². The van der Waals surface area contributed by atoms with Gasteiger partial charge in [-0.3, -0.25) is 0 Å². The molecule has 0 atom stereocenters. The van der Waals surface area contributed by atoms with Gasteiger partial charge in [-0.25, -0.2) is 0 Å². The van der Waals surface area contributed by atoms with Crippen LogP contribution in [0.1, 0.15) is 12.8 Å². The van der Waals surface area contributed by atoms with Crippen LogP contribution in [0.3, 0.4) is 0 Å². The number of anilines is 1. The van der Waals surface area contributed by atoms with E-state index in [0.29, 0.717) is 5.92 Å². The Morgan fingerprint density at radius 1 is 1.16 bits per heavy atom. The third-order valence-electron chi connectivity index (χ3n) is 3.33. The van der Waals surface area contributed by atoms with E-state index in [1.54, 1.807) is 11.3 Å². The van der Waals surface area contributed by atoms with E-state index in [1.165, 1.54) is 0 Å². The Balaban J connectivity index is 1.59. The van der Waals surface area contributed by atoms with Gasteiger partial charge in [0.25, 0.3) is 0 Å². The van der Waals surface area contributed by atoms with Gasteiger partial charge in [-0.2, -0.15) is 0 Å². The molecule has 0 unspecified atom stereocenters. The maximum atomic E-state index is 5.36. The van der Waals surface area contributed by atoms with Gasteiger partial charge < -0.3 is 10.1 Å². The number of nitrogens with one attached hydrogen (secondary N) is 1. The average molecular weight is 275 g/mol. The summed E-state index contributed by atoms with van der Waals surface area (Å²) in [5.74, 6) is 0.692. The summed E-state index contributed by atoms with van der Waals surface area (Å²) >= 11 is 1.61. The number of hydrogen-bond acceptors (Lipinski definition) is 5. The zero-order chi connectivity index (χ0) is 12.9. The Morgan fingerprint density at radius 3 is 2.74 bits per heavy atom. The summed E-state index contributed by atoms with van der Waals surface area (Å²) < 4.78 is 5.36. The topological polar surface area (TPSA) is 47.0 Å². The molecule has 3 rings (SSSR count). The molecular formula is C14H17N3OS. The number of aromatic nitrogens is 2. The van der Waals surface area contributed by atoms with Crippen molar-refractivity contribution in [2.75, 3.05) is 25.1 Å². The van der Waals surface area contributed by atoms with Gasteiger partial charge in [0, 0.05) is 25.3 Å². The molecule has 0 saturated carbocycles. The molecule has 1 N–H and O–H groups in total. The highest BCUT2D eigenvalue weighted by Crippen LogP contribution is 2.26. The van der Waals surface area contributed by atoms with E-state index >= 15 is 0 Å². The van der Waals surface area contributed by atoms with Crippen molar-refractivity contribution in [1.82, 2.24) is 10.2 Å². The summed E-state index contributed by atoms with van der Waals surface area (Å²) in [5.41, 5.74) is 1.12. The molecule has 1 aliphatic rings. The molecule has 0 aliphatic carbocycles. The summed E-state index contributed by atoms with van der Waals surface area (Å²) in [5, 5.41) is 13.7. The first-order valence-electron chi connectivity index (χ1n) is 6.62.